The van der Waals surface area contributed by atoms with E-state index in [1.165, 1.54) is 99.4 Å². The number of benzene rings is 4. The Balaban J connectivity index is 0.000000201. The molecule has 52 heavy (non-hydrogen) atoms. The van der Waals surface area contributed by atoms with Gasteiger partial charge in [-0.15, -0.1) is 0 Å². The lowest BCUT2D eigenvalue weighted by atomic mass is 9.69. The third-order valence-electron chi connectivity index (χ3n) is 12.9. The number of hydrogen-bond donors (Lipinski definition) is 0. The third kappa shape index (κ3) is 8.45. The van der Waals surface area contributed by atoms with E-state index in [0.29, 0.717) is 30.7 Å². The molecule has 4 aromatic carbocycles. The van der Waals surface area contributed by atoms with Gasteiger partial charge >= 0.3 is 6.11 Å². The van der Waals surface area contributed by atoms with Crippen LogP contribution in [0.15, 0.2) is 48.5 Å². The van der Waals surface area contributed by atoms with Crippen LogP contribution in [0.25, 0.3) is 22.3 Å². The molecule has 0 N–H and O–H groups in total. The first-order valence-corrected chi connectivity index (χ1v) is 19.3. The summed E-state index contributed by atoms with van der Waals surface area (Å²) in [5.74, 6) is -1.35. The molecule has 2 aliphatic rings. The van der Waals surface area contributed by atoms with Crippen LogP contribution in [-0.4, -0.2) is 6.11 Å². The van der Waals surface area contributed by atoms with Gasteiger partial charge < -0.3 is 4.74 Å². The molecular weight excluding hydrogens is 657 g/mol. The van der Waals surface area contributed by atoms with Gasteiger partial charge in [0.1, 0.15) is 5.75 Å². The molecule has 0 bridgehead atoms. The van der Waals surface area contributed by atoms with Crippen molar-refractivity contribution in [2.75, 3.05) is 0 Å². The minimum Gasteiger partial charge on any atom is -0.432 e. The highest BCUT2D eigenvalue weighted by molar-refractivity contribution is 5.80. The summed E-state index contributed by atoms with van der Waals surface area (Å²) >= 11 is 0. The van der Waals surface area contributed by atoms with Crippen molar-refractivity contribution in [2.45, 2.75) is 127 Å². The Kier molecular flexibility index (Phi) is 12.3. The van der Waals surface area contributed by atoms with E-state index in [1.54, 1.807) is 0 Å². The molecule has 0 saturated heterocycles. The van der Waals surface area contributed by atoms with E-state index in [2.05, 4.69) is 98.7 Å². The zero-order valence-electron chi connectivity index (χ0n) is 33.0. The second kappa shape index (κ2) is 16.2. The van der Waals surface area contributed by atoms with E-state index in [0.717, 1.165) is 24.8 Å². The molecule has 0 spiro atoms. The highest BCUT2D eigenvalue weighted by atomic mass is 19.3. The SMILES string of the molecule is Cc1cc(OC(F)(F)C2CCC(C3CCC(C)CC3)CC2)cc(F)c1F.Cc1ccc(-c2ccc(-c3ccc(C)c(C)c3C)c(C)c2C)c(C)c1C. The highest BCUT2D eigenvalue weighted by Gasteiger charge is 2.45. The molecule has 0 amide bonds. The predicted octanol–water partition coefficient (Wildman–Crippen LogP) is 14.4. The van der Waals surface area contributed by atoms with Gasteiger partial charge in [0.05, 0.1) is 5.92 Å². The molecule has 0 atom stereocenters. The van der Waals surface area contributed by atoms with Crippen molar-refractivity contribution >= 4 is 0 Å². The van der Waals surface area contributed by atoms with Crippen LogP contribution >= 0.6 is 0 Å². The Bertz CT molecular complexity index is 1790. The molecule has 5 heteroatoms. The second-order valence-electron chi connectivity index (χ2n) is 16.1. The minimum atomic E-state index is -3.36. The van der Waals surface area contributed by atoms with Gasteiger partial charge in [-0.05, 0) is 197 Å². The first kappa shape index (κ1) is 39.6. The summed E-state index contributed by atoms with van der Waals surface area (Å²) in [5, 5.41) is 0. The molecule has 6 rings (SSSR count). The zero-order chi connectivity index (χ0) is 38.1. The predicted molar refractivity (Wildman–Crippen MR) is 208 cm³/mol. The van der Waals surface area contributed by atoms with Crippen molar-refractivity contribution in [1.29, 1.82) is 0 Å². The third-order valence-corrected chi connectivity index (χ3v) is 12.9. The van der Waals surface area contributed by atoms with Crippen molar-refractivity contribution in [3.05, 3.63) is 110 Å². The summed E-state index contributed by atoms with van der Waals surface area (Å²) in [5.41, 5.74) is 16.5. The van der Waals surface area contributed by atoms with E-state index in [4.69, 9.17) is 4.74 Å². The second-order valence-corrected chi connectivity index (χ2v) is 16.1. The molecule has 2 fully saturated rings. The maximum atomic E-state index is 14.5. The monoisotopic (exact) mass is 714 g/mol. The van der Waals surface area contributed by atoms with Crippen molar-refractivity contribution < 1.29 is 22.3 Å². The Morgan fingerprint density at radius 3 is 1.31 bits per heavy atom. The number of ether oxygens (including phenoxy) is 1. The Labute approximate surface area is 310 Å². The fourth-order valence-electron chi connectivity index (χ4n) is 8.58. The Hall–Kier alpha value is -3.60. The van der Waals surface area contributed by atoms with Gasteiger partial charge in [-0.2, -0.15) is 8.78 Å². The average molecular weight is 715 g/mol. The summed E-state index contributed by atoms with van der Waals surface area (Å²) in [6.45, 7) is 21.5. The van der Waals surface area contributed by atoms with Gasteiger partial charge in [0.25, 0.3) is 0 Å². The van der Waals surface area contributed by atoms with Crippen molar-refractivity contribution in [3.8, 4) is 28.0 Å². The van der Waals surface area contributed by atoms with Gasteiger partial charge in [-0.25, -0.2) is 8.78 Å². The van der Waals surface area contributed by atoms with Gasteiger partial charge in [-0.3, -0.25) is 0 Å². The normalized spacial score (nSPS) is 20.7. The molecule has 0 unspecified atom stereocenters. The quantitative estimate of drug-likeness (QED) is 0.181. The van der Waals surface area contributed by atoms with Gasteiger partial charge in [0.15, 0.2) is 11.6 Å². The van der Waals surface area contributed by atoms with E-state index in [-0.39, 0.29) is 11.3 Å². The van der Waals surface area contributed by atoms with Crippen LogP contribution in [0.1, 0.15) is 108 Å². The molecule has 0 heterocycles. The lowest BCUT2D eigenvalue weighted by Gasteiger charge is -2.38. The lowest BCUT2D eigenvalue weighted by Crippen LogP contribution is -2.38. The van der Waals surface area contributed by atoms with Crippen molar-refractivity contribution in [2.24, 2.45) is 23.7 Å². The first-order valence-electron chi connectivity index (χ1n) is 19.3. The summed E-state index contributed by atoms with van der Waals surface area (Å²) in [6.07, 6.45) is 4.04. The molecule has 0 aromatic heterocycles. The van der Waals surface area contributed by atoms with Gasteiger partial charge in [-0.1, -0.05) is 56.2 Å². The summed E-state index contributed by atoms with van der Waals surface area (Å²) in [4.78, 5) is 0. The topological polar surface area (TPSA) is 9.23 Å². The van der Waals surface area contributed by atoms with E-state index < -0.39 is 23.7 Å². The minimum absolute atomic E-state index is 0.0361. The number of halogens is 4. The lowest BCUT2D eigenvalue weighted by molar-refractivity contribution is -0.224. The van der Waals surface area contributed by atoms with Crippen molar-refractivity contribution in [1.82, 2.24) is 0 Å². The van der Waals surface area contributed by atoms with Crippen molar-refractivity contribution in [3.63, 3.8) is 0 Å². The van der Waals surface area contributed by atoms with Crippen LogP contribution < -0.4 is 4.74 Å². The number of rotatable bonds is 6. The smallest absolute Gasteiger partial charge is 0.400 e. The zero-order valence-corrected chi connectivity index (χ0v) is 33.0. The summed E-state index contributed by atoms with van der Waals surface area (Å²) < 4.78 is 60.7. The molecule has 0 radical (unpaired) electrons. The van der Waals surface area contributed by atoms with Crippen LogP contribution in [-0.2, 0) is 0 Å². The van der Waals surface area contributed by atoms with E-state index in [1.807, 2.05) is 0 Å². The largest absolute Gasteiger partial charge is 0.432 e. The van der Waals surface area contributed by atoms with Gasteiger partial charge in [0.2, 0.25) is 0 Å². The number of alkyl halides is 2. The average Bonchev–Trinajstić information content (AvgIpc) is 3.11. The summed E-state index contributed by atoms with van der Waals surface area (Å²) in [7, 11) is 0. The Morgan fingerprint density at radius 1 is 0.500 bits per heavy atom. The maximum absolute atomic E-state index is 14.5. The van der Waals surface area contributed by atoms with Crippen LogP contribution in [0.4, 0.5) is 17.6 Å². The molecule has 2 saturated carbocycles. The Morgan fingerprint density at radius 2 is 0.885 bits per heavy atom. The van der Waals surface area contributed by atoms with E-state index >= 15 is 0 Å². The number of hydrogen-bond acceptors (Lipinski definition) is 1. The van der Waals surface area contributed by atoms with E-state index in [9.17, 15) is 17.6 Å². The molecule has 1 nitrogen and oxygen atoms in total. The molecule has 280 valence electrons. The molecule has 4 aromatic rings. The van der Waals surface area contributed by atoms with Crippen LogP contribution in [0.5, 0.6) is 5.75 Å². The van der Waals surface area contributed by atoms with Crippen LogP contribution in [0, 0.1) is 97.6 Å². The molecule has 2 aliphatic carbocycles. The van der Waals surface area contributed by atoms with Crippen LogP contribution in [0.2, 0.25) is 0 Å². The maximum Gasteiger partial charge on any atom is 0.400 e. The highest BCUT2D eigenvalue weighted by Crippen LogP contribution is 2.46. The van der Waals surface area contributed by atoms with Crippen LogP contribution in [0.3, 0.4) is 0 Å². The fraction of sp³-hybridized carbons (Fsp3) is 0.489. The summed E-state index contributed by atoms with van der Waals surface area (Å²) in [6, 6.07) is 15.5. The molecular formula is C47H58F4O. The standard InChI is InChI=1S/C26H30.C21H28F4O/c1-15-9-11-23(19(5)17(15)3)25-13-14-26(22(8)21(25)7)24-12-10-16(2)18(4)20(24)6;1-13-3-5-15(6-4-13)16-7-9-17(10-8-16)21(24,25)26-18-11-14(2)20(23)19(22)12-18/h9-14H,1-8H3;11-13,15-17H,3-10H2,1-2H3. The fourth-order valence-corrected chi connectivity index (χ4v) is 8.58. The first-order chi connectivity index (χ1) is 24.5. The van der Waals surface area contributed by atoms with Gasteiger partial charge in [0, 0.05) is 6.07 Å². The number of aryl methyl sites for hydroxylation is 3. The molecule has 0 aliphatic heterocycles.